The zero-order chi connectivity index (χ0) is 35.0. The standard InChI is InChI=1S/C38H48N4O7/c1-42(24-27-13-20-34(47-2)35(23-27)48-3)21-7-10-30(25-42)41(33(36(39)44)22-26-11-16-31(43)17-12-26)38(46)40-29-14-18-32(19-15-29)49-37(45)28-8-5-4-6-9-28/h11-20,23,28,30,33H,4-10,21-22,24-25H2,1-3H3,(H3-,39,40,43,44,46)/p+1/t30-,33-,42?/m0/s1. The summed E-state index contributed by atoms with van der Waals surface area (Å²) < 4.78 is 17.2. The minimum Gasteiger partial charge on any atom is -0.508 e. The van der Waals surface area contributed by atoms with E-state index in [1.54, 1.807) is 67.7 Å². The van der Waals surface area contributed by atoms with Gasteiger partial charge in [0.15, 0.2) is 11.5 Å². The highest BCUT2D eigenvalue weighted by Gasteiger charge is 2.41. The van der Waals surface area contributed by atoms with E-state index in [1.165, 1.54) is 0 Å². The molecule has 5 rings (SSSR count). The van der Waals surface area contributed by atoms with Crippen LogP contribution >= 0.6 is 0 Å². The van der Waals surface area contributed by atoms with Gasteiger partial charge in [0, 0.05) is 17.7 Å². The van der Waals surface area contributed by atoms with Gasteiger partial charge < -0.3 is 39.8 Å². The molecule has 1 unspecified atom stereocenters. The first-order valence-corrected chi connectivity index (χ1v) is 17.1. The number of amides is 3. The number of esters is 1. The monoisotopic (exact) mass is 673 g/mol. The number of aromatic hydroxyl groups is 1. The van der Waals surface area contributed by atoms with Crippen LogP contribution in [0.3, 0.4) is 0 Å². The van der Waals surface area contributed by atoms with Crippen molar-refractivity contribution in [1.29, 1.82) is 0 Å². The highest BCUT2D eigenvalue weighted by Crippen LogP contribution is 2.32. The summed E-state index contributed by atoms with van der Waals surface area (Å²) in [4.78, 5) is 41.7. The Bertz CT molecular complexity index is 1590. The molecule has 11 heteroatoms. The zero-order valence-corrected chi connectivity index (χ0v) is 28.7. The van der Waals surface area contributed by atoms with Gasteiger partial charge in [0.2, 0.25) is 5.91 Å². The number of hydrogen-bond donors (Lipinski definition) is 3. The molecular weight excluding hydrogens is 624 g/mol. The predicted molar refractivity (Wildman–Crippen MR) is 186 cm³/mol. The van der Waals surface area contributed by atoms with Crippen molar-refractivity contribution in [2.45, 2.75) is 70.0 Å². The number of nitrogens with two attached hydrogens (primary N) is 1. The van der Waals surface area contributed by atoms with Crippen molar-refractivity contribution in [1.82, 2.24) is 4.90 Å². The summed E-state index contributed by atoms with van der Waals surface area (Å²) in [6.45, 7) is 2.17. The number of benzene rings is 3. The number of primary amides is 1. The van der Waals surface area contributed by atoms with E-state index in [-0.39, 0.29) is 30.1 Å². The van der Waals surface area contributed by atoms with Crippen LogP contribution in [0.15, 0.2) is 66.7 Å². The Hall–Kier alpha value is -4.77. The largest absolute Gasteiger partial charge is 0.508 e. The lowest BCUT2D eigenvalue weighted by Gasteiger charge is -2.46. The zero-order valence-electron chi connectivity index (χ0n) is 28.7. The normalized spacial score (nSPS) is 20.1. The fourth-order valence-corrected chi connectivity index (χ4v) is 7.28. The Morgan fingerprint density at radius 3 is 2.22 bits per heavy atom. The van der Waals surface area contributed by atoms with Crippen LogP contribution in [-0.4, -0.2) is 78.8 Å². The Kier molecular flexibility index (Phi) is 11.7. The molecule has 4 N–H and O–H groups in total. The number of likely N-dealkylation sites (N-methyl/N-ethyl adjacent to an activating group) is 1. The molecule has 0 radical (unpaired) electrons. The van der Waals surface area contributed by atoms with Gasteiger partial charge in [-0.1, -0.05) is 31.4 Å². The molecule has 2 fully saturated rings. The fourth-order valence-electron chi connectivity index (χ4n) is 7.28. The molecule has 3 aromatic carbocycles. The molecule has 3 amide bonds. The second-order valence-electron chi connectivity index (χ2n) is 13.6. The minimum absolute atomic E-state index is 0.0765. The van der Waals surface area contributed by atoms with Crippen molar-refractivity contribution in [2.24, 2.45) is 11.7 Å². The Balaban J connectivity index is 1.37. The number of methoxy groups -OCH3 is 2. The van der Waals surface area contributed by atoms with E-state index in [0.29, 0.717) is 46.9 Å². The molecule has 0 bridgehead atoms. The highest BCUT2D eigenvalue weighted by molar-refractivity contribution is 5.94. The molecule has 262 valence electrons. The minimum atomic E-state index is -0.946. The molecule has 49 heavy (non-hydrogen) atoms. The maximum atomic E-state index is 14.2. The number of nitrogens with zero attached hydrogens (tertiary/aromatic N) is 2. The Morgan fingerprint density at radius 1 is 0.898 bits per heavy atom. The van der Waals surface area contributed by atoms with Crippen LogP contribution in [-0.2, 0) is 22.6 Å². The molecule has 1 saturated heterocycles. The van der Waals surface area contributed by atoms with Crippen LogP contribution in [0.4, 0.5) is 10.5 Å². The molecule has 1 saturated carbocycles. The van der Waals surface area contributed by atoms with Crippen LogP contribution in [0.5, 0.6) is 23.0 Å². The molecule has 3 aromatic rings. The van der Waals surface area contributed by atoms with Crippen LogP contribution in [0.25, 0.3) is 0 Å². The third kappa shape index (κ3) is 9.23. The number of piperidine rings is 1. The third-order valence-corrected chi connectivity index (χ3v) is 9.82. The van der Waals surface area contributed by atoms with Crippen molar-refractivity contribution in [3.8, 4) is 23.0 Å². The Labute approximate surface area is 288 Å². The number of phenols is 1. The van der Waals surface area contributed by atoms with E-state index in [1.807, 2.05) is 18.2 Å². The summed E-state index contributed by atoms with van der Waals surface area (Å²) >= 11 is 0. The summed E-state index contributed by atoms with van der Waals surface area (Å²) in [5, 5.41) is 12.8. The van der Waals surface area contributed by atoms with Gasteiger partial charge in [-0.25, -0.2) is 4.79 Å². The number of quaternary nitrogens is 1. The molecule has 3 atom stereocenters. The maximum absolute atomic E-state index is 14.2. The maximum Gasteiger partial charge on any atom is 0.323 e. The first kappa shape index (κ1) is 35.5. The summed E-state index contributed by atoms with van der Waals surface area (Å²) in [5.41, 5.74) is 8.37. The Morgan fingerprint density at radius 2 is 1.57 bits per heavy atom. The molecule has 2 aliphatic rings. The first-order valence-electron chi connectivity index (χ1n) is 17.1. The average molecular weight is 674 g/mol. The first-order chi connectivity index (χ1) is 23.6. The summed E-state index contributed by atoms with van der Waals surface area (Å²) in [6.07, 6.45) is 6.65. The van der Waals surface area contributed by atoms with E-state index in [9.17, 15) is 19.5 Å². The highest BCUT2D eigenvalue weighted by atomic mass is 16.5. The quantitative estimate of drug-likeness (QED) is 0.129. The van der Waals surface area contributed by atoms with E-state index in [4.69, 9.17) is 19.9 Å². The van der Waals surface area contributed by atoms with Crippen molar-refractivity contribution in [3.63, 3.8) is 0 Å². The molecule has 11 nitrogen and oxygen atoms in total. The van der Waals surface area contributed by atoms with Crippen molar-refractivity contribution >= 4 is 23.6 Å². The van der Waals surface area contributed by atoms with Gasteiger partial charge in [0.1, 0.15) is 24.1 Å². The van der Waals surface area contributed by atoms with Gasteiger partial charge >= 0.3 is 12.0 Å². The number of carbonyl (C=O) groups is 3. The van der Waals surface area contributed by atoms with Gasteiger partial charge in [-0.15, -0.1) is 0 Å². The molecular formula is C38H49N4O7+. The van der Waals surface area contributed by atoms with Crippen LogP contribution < -0.4 is 25.3 Å². The second kappa shape index (κ2) is 16.1. The number of ether oxygens (including phenoxy) is 3. The van der Waals surface area contributed by atoms with Crippen molar-refractivity contribution in [3.05, 3.63) is 77.9 Å². The van der Waals surface area contributed by atoms with Gasteiger partial charge in [-0.2, -0.15) is 0 Å². The number of phenolic OH excluding ortho intramolecular Hbond substituents is 1. The lowest BCUT2D eigenvalue weighted by molar-refractivity contribution is -0.928. The number of carbonyl (C=O) groups excluding carboxylic acids is 3. The van der Waals surface area contributed by atoms with Gasteiger partial charge in [0.05, 0.1) is 46.3 Å². The summed E-state index contributed by atoms with van der Waals surface area (Å²) in [7, 11) is 5.38. The van der Waals surface area contributed by atoms with Crippen molar-refractivity contribution < 1.29 is 38.2 Å². The van der Waals surface area contributed by atoms with Gasteiger partial charge in [-0.3, -0.25) is 9.59 Å². The van der Waals surface area contributed by atoms with Crippen LogP contribution in [0.2, 0.25) is 0 Å². The van der Waals surface area contributed by atoms with E-state index in [0.717, 1.165) is 56.2 Å². The molecule has 1 aliphatic carbocycles. The van der Waals surface area contributed by atoms with Crippen LogP contribution in [0, 0.1) is 5.92 Å². The summed E-state index contributed by atoms with van der Waals surface area (Å²) in [5.74, 6) is 0.925. The van der Waals surface area contributed by atoms with Crippen molar-refractivity contribution in [2.75, 3.05) is 39.7 Å². The van der Waals surface area contributed by atoms with Gasteiger partial charge in [0.25, 0.3) is 0 Å². The average Bonchev–Trinajstić information content (AvgIpc) is 3.09. The smallest absolute Gasteiger partial charge is 0.323 e. The lowest BCUT2D eigenvalue weighted by atomic mass is 9.89. The number of likely N-dealkylation sites (tertiary alicyclic amines) is 1. The molecule has 0 aromatic heterocycles. The second-order valence-corrected chi connectivity index (χ2v) is 13.6. The third-order valence-electron chi connectivity index (χ3n) is 9.82. The van der Waals surface area contributed by atoms with Gasteiger partial charge in [-0.05, 0) is 85.8 Å². The SMILES string of the molecule is COc1ccc(C[N+]2(C)CCC[C@H](N(C(=O)Nc3ccc(OC(=O)C4CCCCC4)cc3)[C@@H](Cc3ccc(O)cc3)C(N)=O)C2)cc1OC. The number of hydrogen-bond acceptors (Lipinski definition) is 7. The lowest BCUT2D eigenvalue weighted by Crippen LogP contribution is -2.62. The molecule has 0 spiro atoms. The number of urea groups is 1. The number of rotatable bonds is 12. The molecule has 1 heterocycles. The number of anilines is 1. The predicted octanol–water partition coefficient (Wildman–Crippen LogP) is 5.63. The fraction of sp³-hybridized carbons (Fsp3) is 0.447. The van der Waals surface area contributed by atoms with Crippen LogP contribution in [0.1, 0.15) is 56.1 Å². The van der Waals surface area contributed by atoms with E-state index < -0.39 is 18.0 Å². The molecule has 1 aliphatic heterocycles. The van der Waals surface area contributed by atoms with E-state index in [2.05, 4.69) is 12.4 Å². The van der Waals surface area contributed by atoms with E-state index >= 15 is 0 Å². The number of nitrogens with one attached hydrogen (secondary N) is 1. The topological polar surface area (TPSA) is 140 Å². The summed E-state index contributed by atoms with van der Waals surface area (Å²) in [6, 6.07) is 17.5.